The van der Waals surface area contributed by atoms with Crippen LogP contribution in [0.3, 0.4) is 0 Å². The molecule has 2 N–H and O–H groups in total. The third-order valence-electron chi connectivity index (χ3n) is 3.57. The van der Waals surface area contributed by atoms with Gasteiger partial charge in [0, 0.05) is 21.3 Å². The van der Waals surface area contributed by atoms with Crippen molar-refractivity contribution in [2.45, 2.75) is 12.5 Å². The van der Waals surface area contributed by atoms with Crippen molar-refractivity contribution in [3.05, 3.63) is 20.8 Å². The molecule has 1 aliphatic carbocycles. The fourth-order valence-electron chi connectivity index (χ4n) is 2.49. The molecular weight excluding hydrogens is 262 g/mol. The summed E-state index contributed by atoms with van der Waals surface area (Å²) in [6, 6.07) is 0.149. The van der Waals surface area contributed by atoms with Crippen molar-refractivity contribution >= 4 is 27.3 Å². The van der Waals surface area contributed by atoms with Gasteiger partial charge in [-0.3, -0.25) is 0 Å². The third kappa shape index (κ3) is 1.14. The summed E-state index contributed by atoms with van der Waals surface area (Å²) in [6.07, 6.45) is 1.25. The smallest absolute Gasteiger partial charge is 0.0544 e. The monoisotopic (exact) mass is 273 g/mol. The zero-order valence-electron chi connectivity index (χ0n) is 7.70. The Morgan fingerprint density at radius 2 is 2.50 bits per heavy atom. The number of nitrogens with two attached hydrogens (primary N) is 1. The number of hydrogen-bond acceptors (Lipinski definition) is 3. The lowest BCUT2D eigenvalue weighted by Crippen LogP contribution is -2.25. The highest BCUT2D eigenvalue weighted by Crippen LogP contribution is 2.63. The molecule has 3 atom stereocenters. The second-order valence-electron chi connectivity index (χ2n) is 4.30. The van der Waals surface area contributed by atoms with Crippen LogP contribution in [0.1, 0.15) is 18.0 Å². The molecule has 3 unspecified atom stereocenters. The van der Waals surface area contributed by atoms with Crippen molar-refractivity contribution in [1.82, 2.24) is 0 Å². The summed E-state index contributed by atoms with van der Waals surface area (Å²) in [6.45, 7) is 1.76. The molecule has 0 radical (unpaired) electrons. The van der Waals surface area contributed by atoms with Gasteiger partial charge in [-0.15, -0.1) is 0 Å². The zero-order valence-corrected chi connectivity index (χ0v) is 10.1. The molecule has 1 aromatic rings. The van der Waals surface area contributed by atoms with Gasteiger partial charge in [-0.05, 0) is 39.2 Å². The van der Waals surface area contributed by atoms with E-state index in [9.17, 15) is 0 Å². The number of fused-ring (bicyclic) bond motifs is 1. The molecule has 1 aromatic heterocycles. The Kier molecular flexibility index (Phi) is 2.03. The molecule has 1 aliphatic heterocycles. The molecule has 1 saturated carbocycles. The van der Waals surface area contributed by atoms with E-state index < -0.39 is 0 Å². The maximum absolute atomic E-state index is 6.32. The zero-order chi connectivity index (χ0) is 9.76. The first kappa shape index (κ1) is 9.33. The molecule has 2 heterocycles. The molecular formula is C10H12BrNOS. The van der Waals surface area contributed by atoms with E-state index >= 15 is 0 Å². The number of halogens is 1. The van der Waals surface area contributed by atoms with Crippen LogP contribution in [0.4, 0.5) is 0 Å². The number of rotatable bonds is 2. The summed E-state index contributed by atoms with van der Waals surface area (Å²) in [4.78, 5) is 0. The highest BCUT2D eigenvalue weighted by molar-refractivity contribution is 9.10. The Bertz CT molecular complexity index is 367. The fraction of sp³-hybridized carbons (Fsp3) is 0.600. The second kappa shape index (κ2) is 3.04. The largest absolute Gasteiger partial charge is 0.380 e. The first-order chi connectivity index (χ1) is 6.74. The van der Waals surface area contributed by atoms with E-state index in [1.54, 1.807) is 11.3 Å². The summed E-state index contributed by atoms with van der Waals surface area (Å²) in [5.41, 5.74) is 7.84. The van der Waals surface area contributed by atoms with Crippen LogP contribution in [0.25, 0.3) is 0 Å². The lowest BCUT2D eigenvalue weighted by Gasteiger charge is -2.20. The minimum absolute atomic E-state index is 0.149. The van der Waals surface area contributed by atoms with Crippen molar-refractivity contribution in [2.24, 2.45) is 17.1 Å². The molecule has 0 spiro atoms. The van der Waals surface area contributed by atoms with Gasteiger partial charge in [-0.1, -0.05) is 0 Å². The van der Waals surface area contributed by atoms with E-state index in [0.717, 1.165) is 17.7 Å². The van der Waals surface area contributed by atoms with Crippen molar-refractivity contribution < 1.29 is 4.74 Å². The minimum Gasteiger partial charge on any atom is -0.380 e. The third-order valence-corrected chi connectivity index (χ3v) is 5.32. The molecule has 3 rings (SSSR count). The SMILES string of the molecule is NC(c1cscc1Br)C12COCC1C2. The Labute approximate surface area is 95.6 Å². The van der Waals surface area contributed by atoms with Gasteiger partial charge in [0.15, 0.2) is 0 Å². The highest BCUT2D eigenvalue weighted by atomic mass is 79.9. The Hall–Kier alpha value is 0.1000. The lowest BCUT2D eigenvalue weighted by atomic mass is 9.92. The molecule has 1 saturated heterocycles. The van der Waals surface area contributed by atoms with E-state index in [2.05, 4.69) is 26.7 Å². The van der Waals surface area contributed by atoms with Crippen molar-refractivity contribution in [2.75, 3.05) is 13.2 Å². The summed E-state index contributed by atoms with van der Waals surface area (Å²) in [5.74, 6) is 0.712. The van der Waals surface area contributed by atoms with E-state index in [0.29, 0.717) is 5.92 Å². The van der Waals surface area contributed by atoms with E-state index in [1.807, 2.05) is 0 Å². The van der Waals surface area contributed by atoms with Gasteiger partial charge in [0.05, 0.1) is 13.2 Å². The predicted octanol–water partition coefficient (Wildman–Crippen LogP) is 2.55. The molecule has 2 fully saturated rings. The molecule has 2 aliphatic rings. The van der Waals surface area contributed by atoms with Crippen LogP contribution in [0.5, 0.6) is 0 Å². The number of thiophene rings is 1. The summed E-state index contributed by atoms with van der Waals surface area (Å²) >= 11 is 5.25. The van der Waals surface area contributed by atoms with Crippen molar-refractivity contribution in [3.63, 3.8) is 0 Å². The molecule has 14 heavy (non-hydrogen) atoms. The van der Waals surface area contributed by atoms with Crippen LogP contribution in [0.2, 0.25) is 0 Å². The van der Waals surface area contributed by atoms with E-state index in [-0.39, 0.29) is 11.5 Å². The fourth-order valence-corrected chi connectivity index (χ4v) is 4.07. The van der Waals surface area contributed by atoms with Gasteiger partial charge >= 0.3 is 0 Å². The quantitative estimate of drug-likeness (QED) is 0.899. The number of ether oxygens (including phenoxy) is 1. The molecule has 4 heteroatoms. The summed E-state index contributed by atoms with van der Waals surface area (Å²) in [5, 5.41) is 4.25. The standard InChI is InChI=1S/C10H12BrNOS/c11-8-4-14-3-7(8)9(12)10-1-6(10)2-13-5-10/h3-4,6,9H,1-2,5,12H2. The topological polar surface area (TPSA) is 35.2 Å². The van der Waals surface area contributed by atoms with Crippen LogP contribution in [0.15, 0.2) is 15.2 Å². The van der Waals surface area contributed by atoms with Gasteiger partial charge < -0.3 is 10.5 Å². The lowest BCUT2D eigenvalue weighted by molar-refractivity contribution is 0.139. The average molecular weight is 274 g/mol. The normalized spacial score (nSPS) is 36.9. The average Bonchev–Trinajstić information content (AvgIpc) is 2.59. The molecule has 76 valence electrons. The Morgan fingerprint density at radius 3 is 3.00 bits per heavy atom. The molecule has 0 amide bonds. The van der Waals surface area contributed by atoms with E-state index in [1.165, 1.54) is 12.0 Å². The first-order valence-corrected chi connectivity index (χ1v) is 6.52. The van der Waals surface area contributed by atoms with Crippen molar-refractivity contribution in [1.29, 1.82) is 0 Å². The maximum Gasteiger partial charge on any atom is 0.0544 e. The van der Waals surface area contributed by atoms with Gasteiger partial charge in [0.25, 0.3) is 0 Å². The van der Waals surface area contributed by atoms with Crippen LogP contribution < -0.4 is 5.73 Å². The van der Waals surface area contributed by atoms with Crippen molar-refractivity contribution in [3.8, 4) is 0 Å². The molecule has 0 bridgehead atoms. The summed E-state index contributed by atoms with van der Waals surface area (Å²) in [7, 11) is 0. The minimum atomic E-state index is 0.149. The summed E-state index contributed by atoms with van der Waals surface area (Å²) < 4.78 is 6.63. The second-order valence-corrected chi connectivity index (χ2v) is 5.90. The maximum atomic E-state index is 6.32. The van der Waals surface area contributed by atoms with Crippen LogP contribution >= 0.6 is 27.3 Å². The van der Waals surface area contributed by atoms with Crippen LogP contribution in [0, 0.1) is 11.3 Å². The Morgan fingerprint density at radius 1 is 1.64 bits per heavy atom. The molecule has 0 aromatic carbocycles. The molecule has 2 nitrogen and oxygen atoms in total. The van der Waals surface area contributed by atoms with Gasteiger partial charge in [0.2, 0.25) is 0 Å². The van der Waals surface area contributed by atoms with Gasteiger partial charge in [-0.25, -0.2) is 0 Å². The van der Waals surface area contributed by atoms with Crippen LogP contribution in [-0.2, 0) is 4.74 Å². The van der Waals surface area contributed by atoms with Crippen LogP contribution in [-0.4, -0.2) is 13.2 Å². The first-order valence-electron chi connectivity index (χ1n) is 4.79. The van der Waals surface area contributed by atoms with Gasteiger partial charge in [-0.2, -0.15) is 11.3 Å². The number of hydrogen-bond donors (Lipinski definition) is 1. The Balaban J connectivity index is 1.90. The van der Waals surface area contributed by atoms with Gasteiger partial charge in [0.1, 0.15) is 0 Å². The predicted molar refractivity (Wildman–Crippen MR) is 60.3 cm³/mol. The van der Waals surface area contributed by atoms with E-state index in [4.69, 9.17) is 10.5 Å². The highest BCUT2D eigenvalue weighted by Gasteiger charge is 2.62.